The number of hydrogen-bond donors (Lipinski definition) is 2. The smallest absolute Gasteiger partial charge is 0.262 e. The number of amides is 1. The van der Waals surface area contributed by atoms with Gasteiger partial charge in [0, 0.05) is 12.2 Å². The van der Waals surface area contributed by atoms with E-state index in [-0.39, 0.29) is 12.5 Å². The molecule has 2 aromatic rings. The first-order chi connectivity index (χ1) is 11.1. The Labute approximate surface area is 136 Å². The average Bonchev–Trinajstić information content (AvgIpc) is 2.55. The highest BCUT2D eigenvalue weighted by Gasteiger charge is 2.06. The Morgan fingerprint density at radius 1 is 1.09 bits per heavy atom. The van der Waals surface area contributed by atoms with E-state index in [4.69, 9.17) is 15.2 Å². The van der Waals surface area contributed by atoms with Gasteiger partial charge in [0.15, 0.2) is 6.61 Å². The molecule has 5 nitrogen and oxygen atoms in total. The molecule has 0 aliphatic rings. The molecule has 0 heterocycles. The summed E-state index contributed by atoms with van der Waals surface area (Å²) in [6.07, 6.45) is 0. The van der Waals surface area contributed by atoms with Crippen molar-refractivity contribution < 1.29 is 14.3 Å². The van der Waals surface area contributed by atoms with E-state index in [1.54, 1.807) is 24.3 Å². The largest absolute Gasteiger partial charge is 0.492 e. The van der Waals surface area contributed by atoms with E-state index < -0.39 is 0 Å². The Morgan fingerprint density at radius 2 is 1.83 bits per heavy atom. The van der Waals surface area contributed by atoms with Crippen molar-refractivity contribution in [2.45, 2.75) is 13.8 Å². The highest BCUT2D eigenvalue weighted by Crippen LogP contribution is 2.19. The van der Waals surface area contributed by atoms with Gasteiger partial charge < -0.3 is 20.5 Å². The van der Waals surface area contributed by atoms with Gasteiger partial charge in [-0.2, -0.15) is 0 Å². The maximum atomic E-state index is 12.0. The van der Waals surface area contributed by atoms with Gasteiger partial charge in [0.2, 0.25) is 0 Å². The number of aryl methyl sites for hydroxylation is 2. The van der Waals surface area contributed by atoms with Gasteiger partial charge in [0.25, 0.3) is 5.91 Å². The Kier molecular flexibility index (Phi) is 6.00. The summed E-state index contributed by atoms with van der Waals surface area (Å²) in [5.74, 6) is 1.24. The summed E-state index contributed by atoms with van der Waals surface area (Å²) < 4.78 is 11.0. The number of nitrogens with two attached hydrogens (primary N) is 1. The molecule has 0 spiro atoms. The van der Waals surface area contributed by atoms with Crippen LogP contribution in [0.3, 0.4) is 0 Å². The van der Waals surface area contributed by atoms with Crippen LogP contribution in [0.4, 0.5) is 5.69 Å². The molecule has 0 bridgehead atoms. The van der Waals surface area contributed by atoms with Gasteiger partial charge in [0.05, 0.1) is 0 Å². The molecule has 0 atom stereocenters. The summed E-state index contributed by atoms with van der Waals surface area (Å²) >= 11 is 0. The second-order valence-corrected chi connectivity index (χ2v) is 5.27. The summed E-state index contributed by atoms with van der Waals surface area (Å²) in [5.41, 5.74) is 8.17. The molecule has 0 saturated heterocycles. The summed E-state index contributed by atoms with van der Waals surface area (Å²) in [4.78, 5) is 12.0. The number of benzene rings is 2. The summed E-state index contributed by atoms with van der Waals surface area (Å²) in [6, 6.07) is 13.0. The first kappa shape index (κ1) is 16.8. The zero-order valence-corrected chi connectivity index (χ0v) is 13.5. The Hall–Kier alpha value is -2.53. The molecule has 2 rings (SSSR count). The monoisotopic (exact) mass is 314 g/mol. The van der Waals surface area contributed by atoms with E-state index in [0.717, 1.165) is 22.6 Å². The van der Waals surface area contributed by atoms with Crippen molar-refractivity contribution in [3.8, 4) is 11.5 Å². The standard InChI is InChI=1S/C18H22N2O3/c1-13-3-4-14(2)17(11-13)23-12-18(21)20-15-5-7-16(8-6-15)22-10-9-19/h3-8,11H,9-10,12,19H2,1-2H3,(H,20,21). The Morgan fingerprint density at radius 3 is 2.52 bits per heavy atom. The van der Waals surface area contributed by atoms with E-state index in [1.165, 1.54) is 0 Å². The van der Waals surface area contributed by atoms with E-state index in [9.17, 15) is 4.79 Å². The zero-order chi connectivity index (χ0) is 16.7. The third-order valence-corrected chi connectivity index (χ3v) is 3.23. The summed E-state index contributed by atoms with van der Waals surface area (Å²) in [6.45, 7) is 4.84. The number of hydrogen-bond acceptors (Lipinski definition) is 4. The maximum Gasteiger partial charge on any atom is 0.262 e. The number of nitrogens with one attached hydrogen (secondary N) is 1. The minimum atomic E-state index is -0.207. The fraction of sp³-hybridized carbons (Fsp3) is 0.278. The van der Waals surface area contributed by atoms with Crippen LogP contribution >= 0.6 is 0 Å². The number of anilines is 1. The van der Waals surface area contributed by atoms with Crippen LogP contribution in [0, 0.1) is 13.8 Å². The first-order valence-corrected chi connectivity index (χ1v) is 7.51. The van der Waals surface area contributed by atoms with Crippen molar-refractivity contribution in [3.63, 3.8) is 0 Å². The normalized spacial score (nSPS) is 10.2. The first-order valence-electron chi connectivity index (χ1n) is 7.51. The Balaban J connectivity index is 1.85. The predicted octanol–water partition coefficient (Wildman–Crippen LogP) is 2.66. The van der Waals surface area contributed by atoms with Crippen molar-refractivity contribution in [1.82, 2.24) is 0 Å². The molecule has 1 amide bonds. The molecule has 2 aromatic carbocycles. The third kappa shape index (κ3) is 5.30. The third-order valence-electron chi connectivity index (χ3n) is 3.23. The molecule has 23 heavy (non-hydrogen) atoms. The van der Waals surface area contributed by atoms with Crippen LogP contribution in [-0.4, -0.2) is 25.7 Å². The lowest BCUT2D eigenvalue weighted by atomic mass is 10.1. The van der Waals surface area contributed by atoms with Gasteiger partial charge >= 0.3 is 0 Å². The van der Waals surface area contributed by atoms with Crippen LogP contribution in [-0.2, 0) is 4.79 Å². The number of rotatable bonds is 7. The molecular formula is C18H22N2O3. The van der Waals surface area contributed by atoms with Crippen LogP contribution in [0.1, 0.15) is 11.1 Å². The van der Waals surface area contributed by atoms with Crippen LogP contribution in [0.5, 0.6) is 11.5 Å². The quantitative estimate of drug-likeness (QED) is 0.824. The van der Waals surface area contributed by atoms with E-state index in [1.807, 2.05) is 32.0 Å². The molecule has 0 fully saturated rings. The van der Waals surface area contributed by atoms with Crippen molar-refractivity contribution in [2.75, 3.05) is 25.1 Å². The van der Waals surface area contributed by atoms with Crippen LogP contribution < -0.4 is 20.5 Å². The van der Waals surface area contributed by atoms with Gasteiger partial charge in [-0.05, 0) is 55.3 Å². The molecule has 0 saturated carbocycles. The van der Waals surface area contributed by atoms with E-state index >= 15 is 0 Å². The molecular weight excluding hydrogens is 292 g/mol. The zero-order valence-electron chi connectivity index (χ0n) is 13.5. The lowest BCUT2D eigenvalue weighted by Crippen LogP contribution is -2.20. The fourth-order valence-corrected chi connectivity index (χ4v) is 2.01. The second-order valence-electron chi connectivity index (χ2n) is 5.27. The number of ether oxygens (including phenoxy) is 2. The van der Waals surface area contributed by atoms with E-state index in [2.05, 4.69) is 5.32 Å². The average molecular weight is 314 g/mol. The lowest BCUT2D eigenvalue weighted by Gasteiger charge is -2.11. The highest BCUT2D eigenvalue weighted by molar-refractivity contribution is 5.91. The summed E-state index contributed by atoms with van der Waals surface area (Å²) in [5, 5.41) is 2.79. The van der Waals surface area contributed by atoms with Gasteiger partial charge in [-0.3, -0.25) is 4.79 Å². The fourth-order valence-electron chi connectivity index (χ4n) is 2.01. The van der Waals surface area contributed by atoms with Gasteiger partial charge in [-0.15, -0.1) is 0 Å². The molecule has 0 aliphatic heterocycles. The maximum absolute atomic E-state index is 12.0. The number of carbonyl (C=O) groups excluding carboxylic acids is 1. The van der Waals surface area contributed by atoms with Gasteiger partial charge in [-0.1, -0.05) is 12.1 Å². The van der Waals surface area contributed by atoms with Crippen LogP contribution in [0.15, 0.2) is 42.5 Å². The topological polar surface area (TPSA) is 73.6 Å². The molecule has 0 aliphatic carbocycles. The molecule has 0 unspecified atom stereocenters. The molecule has 3 N–H and O–H groups in total. The molecule has 0 aromatic heterocycles. The van der Waals surface area contributed by atoms with Crippen LogP contribution in [0.2, 0.25) is 0 Å². The van der Waals surface area contributed by atoms with Crippen LogP contribution in [0.25, 0.3) is 0 Å². The lowest BCUT2D eigenvalue weighted by molar-refractivity contribution is -0.118. The predicted molar refractivity (Wildman–Crippen MR) is 91.0 cm³/mol. The van der Waals surface area contributed by atoms with Crippen molar-refractivity contribution >= 4 is 11.6 Å². The molecule has 122 valence electrons. The minimum Gasteiger partial charge on any atom is -0.492 e. The highest BCUT2D eigenvalue weighted by atomic mass is 16.5. The Bertz CT molecular complexity index is 654. The minimum absolute atomic E-state index is 0.0320. The van der Waals surface area contributed by atoms with E-state index in [0.29, 0.717) is 18.8 Å². The van der Waals surface area contributed by atoms with Gasteiger partial charge in [-0.25, -0.2) is 0 Å². The number of carbonyl (C=O) groups is 1. The van der Waals surface area contributed by atoms with Crippen molar-refractivity contribution in [3.05, 3.63) is 53.6 Å². The van der Waals surface area contributed by atoms with Gasteiger partial charge in [0.1, 0.15) is 18.1 Å². The van der Waals surface area contributed by atoms with Crippen molar-refractivity contribution in [2.24, 2.45) is 5.73 Å². The second kappa shape index (κ2) is 8.19. The molecule has 0 radical (unpaired) electrons. The van der Waals surface area contributed by atoms with Crippen molar-refractivity contribution in [1.29, 1.82) is 0 Å². The molecule has 5 heteroatoms. The SMILES string of the molecule is Cc1ccc(C)c(OCC(=O)Nc2ccc(OCCN)cc2)c1. The summed E-state index contributed by atoms with van der Waals surface area (Å²) in [7, 11) is 0.